The van der Waals surface area contributed by atoms with E-state index in [0.717, 1.165) is 6.07 Å². The lowest BCUT2D eigenvalue weighted by Crippen LogP contribution is -2.49. The number of nitrogens with one attached hydrogen (secondary N) is 2. The van der Waals surface area contributed by atoms with Gasteiger partial charge in [-0.1, -0.05) is 13.3 Å². The van der Waals surface area contributed by atoms with E-state index in [-0.39, 0.29) is 17.5 Å². The Morgan fingerprint density at radius 1 is 1.13 bits per heavy atom. The number of halogens is 2. The Kier molecular flexibility index (Phi) is 9.36. The number of hydrogen-bond acceptors (Lipinski definition) is 6. The van der Waals surface area contributed by atoms with E-state index in [2.05, 4.69) is 15.7 Å². The lowest BCUT2D eigenvalue weighted by molar-refractivity contribution is -0.124. The monoisotopic (exact) mass is 545 g/mol. The first-order valence-corrected chi connectivity index (χ1v) is 12.5. The van der Waals surface area contributed by atoms with Crippen LogP contribution in [0.3, 0.4) is 0 Å². The van der Waals surface area contributed by atoms with E-state index < -0.39 is 53.8 Å². The molecule has 0 aliphatic carbocycles. The number of amides is 2. The number of rotatable bonds is 10. The van der Waals surface area contributed by atoms with Crippen LogP contribution in [0.25, 0.3) is 11.1 Å². The Morgan fingerprint density at radius 2 is 1.82 bits per heavy atom. The molecule has 2 amide bonds. The van der Waals surface area contributed by atoms with Crippen molar-refractivity contribution in [1.29, 1.82) is 0 Å². The topological polar surface area (TPSA) is 138 Å². The summed E-state index contributed by atoms with van der Waals surface area (Å²) in [5.41, 5.74) is 1.14. The van der Waals surface area contributed by atoms with Gasteiger partial charge >= 0.3 is 0 Å². The fourth-order valence-electron chi connectivity index (χ4n) is 4.51. The quantitative estimate of drug-likeness (QED) is 0.288. The number of aromatic nitrogens is 3. The van der Waals surface area contributed by atoms with Crippen LogP contribution in [0.1, 0.15) is 59.5 Å². The molecule has 10 nitrogen and oxygen atoms in total. The molecule has 3 aromatic rings. The number of aliphatic hydroxyl groups is 2. The zero-order valence-electron chi connectivity index (χ0n) is 22.5. The van der Waals surface area contributed by atoms with Gasteiger partial charge in [0, 0.05) is 43.5 Å². The maximum Gasteiger partial charge on any atom is 0.263 e. The van der Waals surface area contributed by atoms with Gasteiger partial charge in [0.05, 0.1) is 11.7 Å². The van der Waals surface area contributed by atoms with Crippen molar-refractivity contribution in [2.75, 3.05) is 0 Å². The van der Waals surface area contributed by atoms with E-state index in [4.69, 9.17) is 0 Å². The van der Waals surface area contributed by atoms with Crippen molar-refractivity contribution in [3.05, 3.63) is 75.0 Å². The van der Waals surface area contributed by atoms with Crippen molar-refractivity contribution in [3.8, 4) is 11.1 Å². The molecule has 0 radical (unpaired) electrons. The molecule has 0 bridgehead atoms. The van der Waals surface area contributed by atoms with Crippen molar-refractivity contribution < 1.29 is 28.6 Å². The highest BCUT2D eigenvalue weighted by molar-refractivity contribution is 5.97. The van der Waals surface area contributed by atoms with Crippen molar-refractivity contribution >= 4 is 11.8 Å². The number of carbonyl (C=O) groups excluding carboxylic acids is 2. The molecule has 0 saturated carbocycles. The third-order valence-corrected chi connectivity index (χ3v) is 6.56. The van der Waals surface area contributed by atoms with Gasteiger partial charge in [-0.3, -0.25) is 19.1 Å². The Balaban J connectivity index is 1.97. The van der Waals surface area contributed by atoms with E-state index in [9.17, 15) is 29.0 Å². The molecule has 0 fully saturated rings. The highest BCUT2D eigenvalue weighted by Gasteiger charge is 2.29. The summed E-state index contributed by atoms with van der Waals surface area (Å²) < 4.78 is 32.7. The van der Waals surface area contributed by atoms with E-state index in [1.807, 2.05) is 0 Å². The summed E-state index contributed by atoms with van der Waals surface area (Å²) in [5.74, 6) is -3.98. The molecule has 2 atom stereocenters. The van der Waals surface area contributed by atoms with Crippen LogP contribution in [0, 0.1) is 25.5 Å². The summed E-state index contributed by atoms with van der Waals surface area (Å²) >= 11 is 0. The zero-order valence-corrected chi connectivity index (χ0v) is 22.5. The molecular formula is C27H33F2N5O5. The Morgan fingerprint density at radius 3 is 2.41 bits per heavy atom. The SMILES string of the molecule is CCC[C@H](NC(=O)c1cccn(C)c1=O)C(=O)NC(CC(O)O)c1cc(-c2c(C)nn(C)c2C)cc(F)c1F. The van der Waals surface area contributed by atoms with E-state index >= 15 is 4.39 Å². The van der Waals surface area contributed by atoms with Crippen LogP contribution < -0.4 is 16.2 Å². The molecule has 3 rings (SSSR count). The van der Waals surface area contributed by atoms with Crippen molar-refractivity contribution in [2.24, 2.45) is 14.1 Å². The maximum atomic E-state index is 15.1. The van der Waals surface area contributed by atoms with Crippen LogP contribution in [-0.4, -0.2) is 48.7 Å². The molecule has 210 valence electrons. The minimum Gasteiger partial charge on any atom is -0.368 e. The summed E-state index contributed by atoms with van der Waals surface area (Å²) in [5, 5.41) is 28.8. The molecule has 2 heterocycles. The molecule has 4 N–H and O–H groups in total. The summed E-state index contributed by atoms with van der Waals surface area (Å²) in [6.07, 6.45) is -0.394. The predicted octanol–water partition coefficient (Wildman–Crippen LogP) is 2.14. The van der Waals surface area contributed by atoms with Gasteiger partial charge < -0.3 is 25.4 Å². The number of nitrogens with zero attached hydrogens (tertiary/aromatic N) is 3. The van der Waals surface area contributed by atoms with Crippen LogP contribution in [0.2, 0.25) is 0 Å². The number of aliphatic hydroxyl groups excluding tert-OH is 1. The number of hydrogen-bond donors (Lipinski definition) is 4. The first-order chi connectivity index (χ1) is 18.3. The van der Waals surface area contributed by atoms with Gasteiger partial charge in [0.1, 0.15) is 11.6 Å². The highest BCUT2D eigenvalue weighted by Crippen LogP contribution is 2.33. The minimum atomic E-state index is -1.96. The average Bonchev–Trinajstić information content (AvgIpc) is 3.12. The van der Waals surface area contributed by atoms with Crippen molar-refractivity contribution in [3.63, 3.8) is 0 Å². The number of benzene rings is 1. The summed E-state index contributed by atoms with van der Waals surface area (Å²) in [6, 6.07) is 2.71. The van der Waals surface area contributed by atoms with Crippen molar-refractivity contribution in [2.45, 2.75) is 58.4 Å². The summed E-state index contributed by atoms with van der Waals surface area (Å²) in [6.45, 7) is 5.27. The molecule has 2 aromatic heterocycles. The molecule has 0 spiro atoms. The van der Waals surface area contributed by atoms with Crippen LogP contribution in [0.4, 0.5) is 8.78 Å². The Labute approximate surface area is 224 Å². The normalized spacial score (nSPS) is 12.9. The van der Waals surface area contributed by atoms with Gasteiger partial charge in [0.15, 0.2) is 17.9 Å². The van der Waals surface area contributed by atoms with Gasteiger partial charge in [0.2, 0.25) is 5.91 Å². The summed E-state index contributed by atoms with van der Waals surface area (Å²) in [4.78, 5) is 38.4. The largest absolute Gasteiger partial charge is 0.368 e. The van der Waals surface area contributed by atoms with Crippen LogP contribution in [0.5, 0.6) is 0 Å². The zero-order chi connectivity index (χ0) is 29.0. The Bertz CT molecular complexity index is 1430. The molecule has 12 heteroatoms. The van der Waals surface area contributed by atoms with Gasteiger partial charge in [-0.25, -0.2) is 8.78 Å². The smallest absolute Gasteiger partial charge is 0.263 e. The second-order valence-corrected chi connectivity index (χ2v) is 9.46. The molecule has 0 aliphatic heterocycles. The Hall–Kier alpha value is -3.90. The fourth-order valence-corrected chi connectivity index (χ4v) is 4.51. The van der Waals surface area contributed by atoms with Gasteiger partial charge in [-0.05, 0) is 50.1 Å². The van der Waals surface area contributed by atoms with Gasteiger partial charge in [-0.2, -0.15) is 5.10 Å². The molecule has 0 saturated heterocycles. The predicted molar refractivity (Wildman–Crippen MR) is 140 cm³/mol. The van der Waals surface area contributed by atoms with Gasteiger partial charge in [-0.15, -0.1) is 0 Å². The van der Waals surface area contributed by atoms with Crippen LogP contribution in [0.15, 0.2) is 35.3 Å². The molecule has 0 aliphatic rings. The highest BCUT2D eigenvalue weighted by atomic mass is 19.2. The van der Waals surface area contributed by atoms with Crippen molar-refractivity contribution in [1.82, 2.24) is 25.0 Å². The molecule has 39 heavy (non-hydrogen) atoms. The average molecular weight is 546 g/mol. The summed E-state index contributed by atoms with van der Waals surface area (Å²) in [7, 11) is 3.20. The minimum absolute atomic E-state index is 0.167. The first-order valence-electron chi connectivity index (χ1n) is 12.5. The molecule has 1 aromatic carbocycles. The fraction of sp³-hybridized carbons (Fsp3) is 0.407. The number of pyridine rings is 1. The third kappa shape index (κ3) is 6.58. The first kappa shape index (κ1) is 29.7. The van der Waals surface area contributed by atoms with Crippen LogP contribution in [-0.2, 0) is 18.9 Å². The van der Waals surface area contributed by atoms with E-state index in [0.29, 0.717) is 28.9 Å². The van der Waals surface area contributed by atoms with Crippen LogP contribution >= 0.6 is 0 Å². The molecular weight excluding hydrogens is 512 g/mol. The van der Waals surface area contributed by atoms with E-state index in [1.54, 1.807) is 32.5 Å². The second kappa shape index (κ2) is 12.3. The molecule has 1 unspecified atom stereocenters. The van der Waals surface area contributed by atoms with E-state index in [1.165, 1.54) is 36.0 Å². The number of aryl methyl sites for hydroxylation is 3. The third-order valence-electron chi connectivity index (χ3n) is 6.56. The lowest BCUT2D eigenvalue weighted by Gasteiger charge is -2.25. The van der Waals surface area contributed by atoms with Gasteiger partial charge in [0.25, 0.3) is 11.5 Å². The maximum absolute atomic E-state index is 15.1. The standard InChI is InChI=1S/C27H33F2N5O5/c1-6-8-20(30-25(37)17-9-7-10-33(4)27(17)39)26(38)31-21(13-22(35)36)18-11-16(12-19(28)24(18)29)23-14(2)32-34(5)15(23)3/h7,9-12,20-22,35-36H,6,8,13H2,1-5H3,(H,30,37)(H,31,38)/t20-,21?/m0/s1. The number of carbonyl (C=O) groups is 2. The lowest BCUT2D eigenvalue weighted by atomic mass is 9.95. The second-order valence-electron chi connectivity index (χ2n) is 9.46.